The highest BCUT2D eigenvalue weighted by molar-refractivity contribution is 5.24. The molecule has 0 aromatic heterocycles. The fraction of sp³-hybridized carbons (Fsp3) is 0.200. The summed E-state index contributed by atoms with van der Waals surface area (Å²) in [5, 5.41) is 0. The average Bonchev–Trinajstić information content (AvgIpc) is 2.15. The molecule has 1 nitrogen and oxygen atoms in total. The molecule has 7 heteroatoms. The maximum absolute atomic E-state index is 12.2. The largest absolute Gasteiger partial charge is 0.452 e. The molecular weight excluding hydrogens is 250 g/mol. The van der Waals surface area contributed by atoms with Crippen LogP contribution in [0.25, 0.3) is 0 Å². The first-order valence-corrected chi connectivity index (χ1v) is 4.28. The molecule has 1 aromatic carbocycles. The molecule has 1 rings (SSSR count). The lowest BCUT2D eigenvalue weighted by molar-refractivity contribution is -0.128. The highest BCUT2D eigenvalue weighted by Crippen LogP contribution is 2.31. The van der Waals surface area contributed by atoms with E-state index in [1.54, 1.807) is 0 Å². The summed E-state index contributed by atoms with van der Waals surface area (Å²) in [5.41, 5.74) is 0. The number of para-hydroxylation sites is 1. The molecule has 0 spiro atoms. The van der Waals surface area contributed by atoms with E-state index < -0.39 is 24.2 Å². The second-order valence-corrected chi connectivity index (χ2v) is 2.96. The Morgan fingerprint density at radius 1 is 0.941 bits per heavy atom. The fourth-order valence-corrected chi connectivity index (χ4v) is 0.933. The van der Waals surface area contributed by atoms with Gasteiger partial charge in [-0.3, -0.25) is 0 Å². The van der Waals surface area contributed by atoms with E-state index in [4.69, 9.17) is 0 Å². The Morgan fingerprint density at radius 2 is 1.47 bits per heavy atom. The van der Waals surface area contributed by atoms with Crippen LogP contribution in [0.1, 0.15) is 0 Å². The van der Waals surface area contributed by atoms with Crippen LogP contribution in [-0.2, 0) is 0 Å². The molecule has 0 fully saturated rings. The minimum atomic E-state index is -5.20. The Balaban J connectivity index is 2.99. The van der Waals surface area contributed by atoms with Crippen LogP contribution in [0, 0.1) is 0 Å². The summed E-state index contributed by atoms with van der Waals surface area (Å²) < 4.78 is 76.5. The number of rotatable bonds is 2. The zero-order valence-electron chi connectivity index (χ0n) is 8.14. The highest BCUT2D eigenvalue weighted by atomic mass is 19.4. The molecule has 17 heavy (non-hydrogen) atoms. The Bertz CT molecular complexity index is 389. The second kappa shape index (κ2) is 4.68. The van der Waals surface area contributed by atoms with Crippen LogP contribution in [0.3, 0.4) is 0 Å². The number of hydrogen-bond acceptors (Lipinski definition) is 1. The normalized spacial score (nSPS) is 13.6. The summed E-state index contributed by atoms with van der Waals surface area (Å²) in [6.45, 7) is 0. The van der Waals surface area contributed by atoms with Crippen molar-refractivity contribution in [3.05, 3.63) is 42.2 Å². The van der Waals surface area contributed by atoms with Crippen LogP contribution in [0.15, 0.2) is 42.2 Å². The van der Waals surface area contributed by atoms with Crippen LogP contribution >= 0.6 is 0 Å². The third-order valence-corrected chi connectivity index (χ3v) is 1.55. The molecule has 0 aliphatic rings. The lowest BCUT2D eigenvalue weighted by atomic mass is 10.3. The number of benzene rings is 1. The molecule has 0 unspecified atom stereocenters. The SMILES string of the molecule is FC(F)(F)/C=C(/Oc1ccccc1)C(F)(F)F. The third-order valence-electron chi connectivity index (χ3n) is 1.55. The van der Waals surface area contributed by atoms with Crippen molar-refractivity contribution in [1.29, 1.82) is 0 Å². The zero-order chi connectivity index (χ0) is 13.1. The maximum Gasteiger partial charge on any atom is 0.449 e. The van der Waals surface area contributed by atoms with Crippen molar-refractivity contribution in [1.82, 2.24) is 0 Å². The van der Waals surface area contributed by atoms with Gasteiger partial charge in [-0.1, -0.05) is 18.2 Å². The lowest BCUT2D eigenvalue weighted by Gasteiger charge is -2.13. The minimum Gasteiger partial charge on any atom is -0.452 e. The van der Waals surface area contributed by atoms with Crippen LogP contribution < -0.4 is 4.74 Å². The summed E-state index contributed by atoms with van der Waals surface area (Å²) in [5.74, 6) is -2.42. The molecule has 0 aliphatic heterocycles. The standard InChI is InChI=1S/C10H6F6O/c11-9(12,13)6-8(10(14,15)16)17-7-4-2-1-3-5-7/h1-6H/b8-6+. The summed E-state index contributed by atoms with van der Waals surface area (Å²) in [4.78, 5) is 0. The van der Waals surface area contributed by atoms with E-state index in [9.17, 15) is 26.3 Å². The fourth-order valence-electron chi connectivity index (χ4n) is 0.933. The van der Waals surface area contributed by atoms with E-state index >= 15 is 0 Å². The van der Waals surface area contributed by atoms with Gasteiger partial charge in [0.15, 0.2) is 0 Å². The molecule has 1 aromatic rings. The Kier molecular flexibility index (Phi) is 3.69. The van der Waals surface area contributed by atoms with Crippen molar-refractivity contribution in [2.24, 2.45) is 0 Å². The lowest BCUT2D eigenvalue weighted by Crippen LogP contribution is -2.20. The van der Waals surface area contributed by atoms with E-state index in [0.29, 0.717) is 0 Å². The molecule has 0 radical (unpaired) electrons. The first kappa shape index (κ1) is 13.4. The van der Waals surface area contributed by atoms with E-state index in [2.05, 4.69) is 4.74 Å². The van der Waals surface area contributed by atoms with Gasteiger partial charge in [-0.05, 0) is 12.1 Å². The molecule has 0 aliphatic carbocycles. The van der Waals surface area contributed by atoms with E-state index in [1.165, 1.54) is 18.2 Å². The van der Waals surface area contributed by atoms with Gasteiger partial charge in [0, 0.05) is 0 Å². The number of halogens is 6. The quantitative estimate of drug-likeness (QED) is 0.572. The van der Waals surface area contributed by atoms with Crippen molar-refractivity contribution in [3.63, 3.8) is 0 Å². The van der Waals surface area contributed by atoms with Crippen molar-refractivity contribution in [2.45, 2.75) is 12.4 Å². The number of ether oxygens (including phenoxy) is 1. The first-order valence-electron chi connectivity index (χ1n) is 4.28. The minimum absolute atomic E-state index is 0.319. The van der Waals surface area contributed by atoms with Gasteiger partial charge < -0.3 is 4.74 Å². The van der Waals surface area contributed by atoms with Gasteiger partial charge in [0.1, 0.15) is 5.75 Å². The van der Waals surface area contributed by atoms with Gasteiger partial charge in [-0.25, -0.2) is 0 Å². The zero-order valence-corrected chi connectivity index (χ0v) is 8.14. The van der Waals surface area contributed by atoms with Crippen LogP contribution in [0.2, 0.25) is 0 Å². The molecule has 0 bridgehead atoms. The molecule has 0 amide bonds. The van der Waals surface area contributed by atoms with Gasteiger partial charge in [0.05, 0.1) is 6.08 Å². The van der Waals surface area contributed by atoms with Crippen LogP contribution in [0.4, 0.5) is 26.3 Å². The monoisotopic (exact) mass is 256 g/mol. The molecule has 0 atom stereocenters. The Morgan fingerprint density at radius 3 is 1.88 bits per heavy atom. The first-order chi connectivity index (χ1) is 7.68. The molecule has 0 saturated carbocycles. The van der Waals surface area contributed by atoms with Crippen molar-refractivity contribution >= 4 is 0 Å². The Hall–Kier alpha value is -1.66. The van der Waals surface area contributed by atoms with Gasteiger partial charge in [-0.2, -0.15) is 26.3 Å². The molecule has 0 heterocycles. The predicted molar refractivity (Wildman–Crippen MR) is 47.3 cm³/mol. The number of allylic oxidation sites excluding steroid dienone is 2. The van der Waals surface area contributed by atoms with Gasteiger partial charge >= 0.3 is 12.4 Å². The van der Waals surface area contributed by atoms with Crippen molar-refractivity contribution in [2.75, 3.05) is 0 Å². The maximum atomic E-state index is 12.2. The topological polar surface area (TPSA) is 9.23 Å². The van der Waals surface area contributed by atoms with Crippen LogP contribution in [-0.4, -0.2) is 12.4 Å². The number of hydrogen-bond donors (Lipinski definition) is 0. The van der Waals surface area contributed by atoms with E-state index in [-0.39, 0.29) is 5.75 Å². The second-order valence-electron chi connectivity index (χ2n) is 2.96. The smallest absolute Gasteiger partial charge is 0.449 e. The molecule has 94 valence electrons. The van der Waals surface area contributed by atoms with E-state index in [1.807, 2.05) is 0 Å². The summed E-state index contributed by atoms with van der Waals surface area (Å²) in [6, 6.07) is 6.42. The summed E-state index contributed by atoms with van der Waals surface area (Å²) >= 11 is 0. The highest BCUT2D eigenvalue weighted by Gasteiger charge is 2.41. The summed E-state index contributed by atoms with van der Waals surface area (Å²) in [7, 11) is 0. The summed E-state index contributed by atoms with van der Waals surface area (Å²) in [6.07, 6.45) is -11.2. The number of alkyl halides is 6. The van der Waals surface area contributed by atoms with Crippen molar-refractivity contribution < 1.29 is 31.1 Å². The van der Waals surface area contributed by atoms with E-state index in [0.717, 1.165) is 12.1 Å². The molecular formula is C10H6F6O. The molecule has 0 saturated heterocycles. The predicted octanol–water partition coefficient (Wildman–Crippen LogP) is 4.07. The van der Waals surface area contributed by atoms with Crippen molar-refractivity contribution in [3.8, 4) is 5.75 Å². The molecule has 0 N–H and O–H groups in total. The third kappa shape index (κ3) is 4.80. The van der Waals surface area contributed by atoms with Gasteiger partial charge in [-0.15, -0.1) is 0 Å². The van der Waals surface area contributed by atoms with Gasteiger partial charge in [0.25, 0.3) is 0 Å². The van der Waals surface area contributed by atoms with Gasteiger partial charge in [0.2, 0.25) is 5.76 Å². The average molecular weight is 256 g/mol. The Labute approximate surface area is 92.3 Å². The van der Waals surface area contributed by atoms with Crippen LogP contribution in [0.5, 0.6) is 5.75 Å².